The molecule has 0 fully saturated rings. The van der Waals surface area contributed by atoms with Crippen molar-refractivity contribution in [1.29, 1.82) is 0 Å². The molecule has 0 saturated carbocycles. The van der Waals surface area contributed by atoms with E-state index < -0.39 is 0 Å². The zero-order valence-electron chi connectivity index (χ0n) is 9.57. The number of anilines is 1. The van der Waals surface area contributed by atoms with Crippen LogP contribution in [-0.2, 0) is 0 Å². The van der Waals surface area contributed by atoms with E-state index in [9.17, 15) is 0 Å². The van der Waals surface area contributed by atoms with Crippen LogP contribution in [0.4, 0.5) is 5.95 Å². The van der Waals surface area contributed by atoms with Gasteiger partial charge in [0, 0.05) is 3.57 Å². The van der Waals surface area contributed by atoms with Crippen molar-refractivity contribution in [3.05, 3.63) is 49.5 Å². The van der Waals surface area contributed by atoms with Crippen LogP contribution >= 0.6 is 50.1 Å². The van der Waals surface area contributed by atoms with E-state index in [-0.39, 0.29) is 0 Å². The molecule has 2 N–H and O–H groups in total. The minimum Gasteiger partial charge on any atom is -0.369 e. The van der Waals surface area contributed by atoms with Crippen LogP contribution in [0.25, 0.3) is 16.7 Å². The van der Waals surface area contributed by atoms with E-state index in [2.05, 4.69) is 43.5 Å². The zero-order chi connectivity index (χ0) is 13.6. The Balaban J connectivity index is 2.36. The summed E-state index contributed by atoms with van der Waals surface area (Å²) in [6, 6.07) is 11.7. The number of aromatic nitrogens is 2. The molecule has 1 heterocycles. The number of nitrogens with two attached hydrogens (primary N) is 1. The summed E-state index contributed by atoms with van der Waals surface area (Å²) in [5, 5.41) is 0.643. The Labute approximate surface area is 137 Å². The second-order valence-electron chi connectivity index (χ2n) is 4.01. The monoisotopic (exact) mass is 447 g/mol. The molecule has 19 heavy (non-hydrogen) atoms. The Morgan fingerprint density at radius 1 is 1.26 bits per heavy atom. The summed E-state index contributed by atoms with van der Waals surface area (Å²) in [6.07, 6.45) is 0. The highest BCUT2D eigenvalue weighted by molar-refractivity contribution is 14.1. The highest BCUT2D eigenvalue weighted by Crippen LogP contribution is 2.33. The minimum atomic E-state index is 0.444. The quantitative estimate of drug-likeness (QED) is 0.552. The van der Waals surface area contributed by atoms with Crippen molar-refractivity contribution in [2.75, 3.05) is 5.73 Å². The van der Waals surface area contributed by atoms with E-state index in [0.717, 1.165) is 24.8 Å². The highest BCUT2D eigenvalue weighted by atomic mass is 127. The summed E-state index contributed by atoms with van der Waals surface area (Å²) in [7, 11) is 0. The van der Waals surface area contributed by atoms with Crippen molar-refractivity contribution >= 4 is 67.1 Å². The first-order valence-electron chi connectivity index (χ1n) is 5.46. The third kappa shape index (κ3) is 2.23. The van der Waals surface area contributed by atoms with Crippen LogP contribution in [0, 0.1) is 3.57 Å². The maximum Gasteiger partial charge on any atom is 0.205 e. The van der Waals surface area contributed by atoms with Crippen molar-refractivity contribution in [2.24, 2.45) is 0 Å². The van der Waals surface area contributed by atoms with Gasteiger partial charge in [0.05, 0.1) is 26.2 Å². The maximum absolute atomic E-state index is 6.14. The van der Waals surface area contributed by atoms with E-state index in [0.29, 0.717) is 11.0 Å². The third-order valence-corrected chi connectivity index (χ3v) is 4.86. The molecule has 0 bridgehead atoms. The molecule has 0 amide bonds. The van der Waals surface area contributed by atoms with Crippen LogP contribution in [0.15, 0.2) is 40.9 Å². The normalized spacial score (nSPS) is 11.1. The molecule has 0 aliphatic rings. The van der Waals surface area contributed by atoms with E-state index in [1.165, 1.54) is 0 Å². The molecule has 0 aliphatic carbocycles. The number of fused-ring (bicyclic) bond motifs is 1. The lowest BCUT2D eigenvalue weighted by molar-refractivity contribution is 1.10. The van der Waals surface area contributed by atoms with Crippen molar-refractivity contribution in [3.63, 3.8) is 0 Å². The van der Waals surface area contributed by atoms with E-state index in [4.69, 9.17) is 17.3 Å². The molecule has 96 valence electrons. The Hall–Kier alpha value is -0.790. The van der Waals surface area contributed by atoms with Gasteiger partial charge in [0.1, 0.15) is 0 Å². The Morgan fingerprint density at radius 2 is 2.05 bits per heavy atom. The molecule has 2 aromatic carbocycles. The van der Waals surface area contributed by atoms with E-state index >= 15 is 0 Å². The standard InChI is InChI=1S/C13H8BrClIN3/c14-12-8(15)2-1-3-11(12)19-10-5-4-7(16)6-9(10)18-13(19)17/h1-6H,(H2,17,18). The molecular weight excluding hydrogens is 440 g/mol. The Kier molecular flexibility index (Phi) is 3.44. The van der Waals surface area contributed by atoms with Crippen LogP contribution < -0.4 is 5.73 Å². The topological polar surface area (TPSA) is 43.8 Å². The number of nitrogens with zero attached hydrogens (tertiary/aromatic N) is 2. The molecule has 3 rings (SSSR count). The number of rotatable bonds is 1. The molecular formula is C13H8BrClIN3. The van der Waals surface area contributed by atoms with Gasteiger partial charge in [-0.3, -0.25) is 4.57 Å². The number of hydrogen-bond acceptors (Lipinski definition) is 2. The van der Waals surface area contributed by atoms with Crippen molar-refractivity contribution in [2.45, 2.75) is 0 Å². The van der Waals surface area contributed by atoms with Gasteiger partial charge in [0.2, 0.25) is 5.95 Å². The predicted octanol–water partition coefficient (Wildman–Crippen LogP) is 4.63. The molecule has 0 unspecified atom stereocenters. The molecule has 3 aromatic rings. The summed E-state index contributed by atoms with van der Waals surface area (Å²) >= 11 is 11.9. The summed E-state index contributed by atoms with van der Waals surface area (Å²) in [6.45, 7) is 0. The first-order valence-corrected chi connectivity index (χ1v) is 7.71. The molecule has 3 nitrogen and oxygen atoms in total. The average molecular weight is 448 g/mol. The fraction of sp³-hybridized carbons (Fsp3) is 0. The van der Waals surface area contributed by atoms with E-state index in [1.807, 2.05) is 41.0 Å². The van der Waals surface area contributed by atoms with Gasteiger partial charge in [-0.1, -0.05) is 17.7 Å². The molecule has 0 radical (unpaired) electrons. The van der Waals surface area contributed by atoms with Crippen LogP contribution in [-0.4, -0.2) is 9.55 Å². The zero-order valence-corrected chi connectivity index (χ0v) is 14.1. The van der Waals surface area contributed by atoms with Gasteiger partial charge >= 0.3 is 0 Å². The second-order valence-corrected chi connectivity index (χ2v) is 6.46. The molecule has 0 spiro atoms. The Bertz CT molecular complexity index is 785. The number of imidazole rings is 1. The van der Waals surface area contributed by atoms with Gasteiger partial charge < -0.3 is 5.73 Å². The SMILES string of the molecule is Nc1nc2cc(I)ccc2n1-c1cccc(Cl)c1Br. The molecule has 1 aromatic heterocycles. The first kappa shape index (κ1) is 13.2. The smallest absolute Gasteiger partial charge is 0.205 e. The number of nitrogen functional groups attached to an aromatic ring is 1. The van der Waals surface area contributed by atoms with Crippen molar-refractivity contribution < 1.29 is 0 Å². The van der Waals surface area contributed by atoms with Crippen LogP contribution in [0.2, 0.25) is 5.02 Å². The lowest BCUT2D eigenvalue weighted by atomic mass is 10.3. The lowest BCUT2D eigenvalue weighted by Crippen LogP contribution is -2.01. The van der Waals surface area contributed by atoms with Gasteiger partial charge in [-0.2, -0.15) is 0 Å². The fourth-order valence-corrected chi connectivity index (χ4v) is 3.08. The van der Waals surface area contributed by atoms with Gasteiger partial charge in [-0.25, -0.2) is 4.98 Å². The molecule has 6 heteroatoms. The van der Waals surface area contributed by atoms with Gasteiger partial charge in [-0.15, -0.1) is 0 Å². The van der Waals surface area contributed by atoms with Crippen LogP contribution in [0.3, 0.4) is 0 Å². The number of halogens is 3. The Morgan fingerprint density at radius 3 is 2.84 bits per heavy atom. The average Bonchev–Trinajstić information content (AvgIpc) is 2.68. The summed E-state index contributed by atoms with van der Waals surface area (Å²) in [5.74, 6) is 0.444. The summed E-state index contributed by atoms with van der Waals surface area (Å²) < 4.78 is 3.82. The molecule has 0 aliphatic heterocycles. The van der Waals surface area contributed by atoms with Crippen molar-refractivity contribution in [1.82, 2.24) is 9.55 Å². The van der Waals surface area contributed by atoms with Gasteiger partial charge in [0.25, 0.3) is 0 Å². The third-order valence-electron chi connectivity index (χ3n) is 2.81. The lowest BCUT2D eigenvalue weighted by Gasteiger charge is -2.09. The first-order chi connectivity index (χ1) is 9.08. The van der Waals surface area contributed by atoms with Crippen LogP contribution in [0.1, 0.15) is 0 Å². The largest absolute Gasteiger partial charge is 0.369 e. The van der Waals surface area contributed by atoms with Crippen LogP contribution in [0.5, 0.6) is 0 Å². The number of hydrogen-bond donors (Lipinski definition) is 1. The van der Waals surface area contributed by atoms with Gasteiger partial charge in [-0.05, 0) is 68.9 Å². The highest BCUT2D eigenvalue weighted by Gasteiger charge is 2.13. The van der Waals surface area contributed by atoms with Gasteiger partial charge in [0.15, 0.2) is 0 Å². The minimum absolute atomic E-state index is 0.444. The predicted molar refractivity (Wildman–Crippen MR) is 90.9 cm³/mol. The maximum atomic E-state index is 6.14. The summed E-state index contributed by atoms with van der Waals surface area (Å²) in [4.78, 5) is 4.39. The number of benzene rings is 2. The van der Waals surface area contributed by atoms with E-state index in [1.54, 1.807) is 0 Å². The van der Waals surface area contributed by atoms with Crippen molar-refractivity contribution in [3.8, 4) is 5.69 Å². The molecule has 0 saturated heterocycles. The molecule has 0 atom stereocenters. The summed E-state index contributed by atoms with van der Waals surface area (Å²) in [5.41, 5.74) is 8.75. The second kappa shape index (κ2) is 4.96. The fourth-order valence-electron chi connectivity index (χ4n) is 1.99.